The summed E-state index contributed by atoms with van der Waals surface area (Å²) >= 11 is 0. The van der Waals surface area contributed by atoms with Crippen LogP contribution >= 0.6 is 0 Å². The summed E-state index contributed by atoms with van der Waals surface area (Å²) in [6, 6.07) is 7.62. The SMILES string of the molecule is Cc1cc(C)n(CCCNc2cc(C#N)ccn2)n1. The highest BCUT2D eigenvalue weighted by atomic mass is 15.3. The number of pyridine rings is 1. The van der Waals surface area contributed by atoms with E-state index in [9.17, 15) is 0 Å². The van der Waals surface area contributed by atoms with Gasteiger partial charge in [0.1, 0.15) is 5.82 Å². The van der Waals surface area contributed by atoms with Gasteiger partial charge in [-0.25, -0.2) is 4.98 Å². The van der Waals surface area contributed by atoms with Crippen molar-refractivity contribution in [3.63, 3.8) is 0 Å². The number of rotatable bonds is 5. The summed E-state index contributed by atoms with van der Waals surface area (Å²) in [7, 11) is 0. The van der Waals surface area contributed by atoms with E-state index in [-0.39, 0.29) is 0 Å². The summed E-state index contributed by atoms with van der Waals surface area (Å²) in [6.07, 6.45) is 2.60. The first-order valence-corrected chi connectivity index (χ1v) is 6.30. The highest BCUT2D eigenvalue weighted by Crippen LogP contribution is 2.06. The summed E-state index contributed by atoms with van der Waals surface area (Å²) in [5, 5.41) is 16.4. The Morgan fingerprint density at radius 1 is 1.37 bits per heavy atom. The number of hydrogen-bond acceptors (Lipinski definition) is 4. The topological polar surface area (TPSA) is 66.5 Å². The zero-order valence-corrected chi connectivity index (χ0v) is 11.2. The van der Waals surface area contributed by atoms with Gasteiger partial charge in [0.05, 0.1) is 17.3 Å². The lowest BCUT2D eigenvalue weighted by Gasteiger charge is -2.07. The number of hydrogen-bond donors (Lipinski definition) is 1. The lowest BCUT2D eigenvalue weighted by Crippen LogP contribution is -2.09. The van der Waals surface area contributed by atoms with Crippen LogP contribution in [0.2, 0.25) is 0 Å². The van der Waals surface area contributed by atoms with Gasteiger partial charge in [0, 0.05) is 25.0 Å². The molecule has 0 aliphatic heterocycles. The van der Waals surface area contributed by atoms with E-state index in [1.165, 1.54) is 5.69 Å². The van der Waals surface area contributed by atoms with E-state index in [1.54, 1.807) is 18.3 Å². The molecule has 0 amide bonds. The molecular formula is C14H17N5. The van der Waals surface area contributed by atoms with Crippen molar-refractivity contribution in [3.8, 4) is 6.07 Å². The van der Waals surface area contributed by atoms with Crippen molar-refractivity contribution in [1.82, 2.24) is 14.8 Å². The lowest BCUT2D eigenvalue weighted by atomic mass is 10.3. The smallest absolute Gasteiger partial charge is 0.127 e. The molecule has 0 saturated heterocycles. The molecule has 5 heteroatoms. The molecular weight excluding hydrogens is 238 g/mol. The Hall–Kier alpha value is -2.35. The molecule has 0 unspecified atom stereocenters. The predicted octanol–water partition coefficient (Wildman–Crippen LogP) is 2.27. The lowest BCUT2D eigenvalue weighted by molar-refractivity contribution is 0.573. The highest BCUT2D eigenvalue weighted by Gasteiger charge is 2.00. The van der Waals surface area contributed by atoms with Crippen molar-refractivity contribution in [2.24, 2.45) is 0 Å². The average Bonchev–Trinajstić information content (AvgIpc) is 2.73. The van der Waals surface area contributed by atoms with Gasteiger partial charge in [0.25, 0.3) is 0 Å². The van der Waals surface area contributed by atoms with E-state index in [0.29, 0.717) is 5.56 Å². The minimum atomic E-state index is 0.621. The largest absolute Gasteiger partial charge is 0.370 e. The predicted molar refractivity (Wildman–Crippen MR) is 73.8 cm³/mol. The molecule has 2 aromatic rings. The molecule has 2 heterocycles. The fraction of sp³-hybridized carbons (Fsp3) is 0.357. The molecule has 98 valence electrons. The maximum absolute atomic E-state index is 8.80. The first-order valence-electron chi connectivity index (χ1n) is 6.30. The van der Waals surface area contributed by atoms with Crippen LogP contribution in [-0.4, -0.2) is 21.3 Å². The molecule has 19 heavy (non-hydrogen) atoms. The zero-order chi connectivity index (χ0) is 13.7. The van der Waals surface area contributed by atoms with E-state index < -0.39 is 0 Å². The molecule has 0 atom stereocenters. The molecule has 0 saturated carbocycles. The normalized spacial score (nSPS) is 10.2. The van der Waals surface area contributed by atoms with Crippen molar-refractivity contribution < 1.29 is 0 Å². The van der Waals surface area contributed by atoms with E-state index in [2.05, 4.69) is 34.5 Å². The monoisotopic (exact) mass is 255 g/mol. The zero-order valence-electron chi connectivity index (χ0n) is 11.2. The van der Waals surface area contributed by atoms with Gasteiger partial charge in [-0.05, 0) is 38.5 Å². The molecule has 0 aliphatic rings. The molecule has 0 aliphatic carbocycles. The fourth-order valence-electron chi connectivity index (χ4n) is 1.94. The highest BCUT2D eigenvalue weighted by molar-refractivity contribution is 5.42. The maximum atomic E-state index is 8.80. The van der Waals surface area contributed by atoms with Gasteiger partial charge >= 0.3 is 0 Å². The Bertz CT molecular complexity index is 594. The number of nitrogens with zero attached hydrogens (tertiary/aromatic N) is 4. The number of aromatic nitrogens is 3. The Morgan fingerprint density at radius 2 is 2.21 bits per heavy atom. The third-order valence-corrected chi connectivity index (χ3v) is 2.85. The molecule has 0 fully saturated rings. The van der Waals surface area contributed by atoms with E-state index in [0.717, 1.165) is 31.0 Å². The van der Waals surface area contributed by atoms with Gasteiger partial charge in [-0.15, -0.1) is 0 Å². The van der Waals surface area contributed by atoms with Crippen molar-refractivity contribution in [2.75, 3.05) is 11.9 Å². The minimum absolute atomic E-state index is 0.621. The van der Waals surface area contributed by atoms with Crippen LogP contribution in [0.5, 0.6) is 0 Å². The van der Waals surface area contributed by atoms with Gasteiger partial charge in [-0.2, -0.15) is 10.4 Å². The second kappa shape index (κ2) is 6.01. The number of nitriles is 1. The number of nitrogens with one attached hydrogen (secondary N) is 1. The summed E-state index contributed by atoms with van der Waals surface area (Å²) in [5.41, 5.74) is 2.85. The summed E-state index contributed by atoms with van der Waals surface area (Å²) in [4.78, 5) is 4.17. The quantitative estimate of drug-likeness (QED) is 0.832. The second-order valence-electron chi connectivity index (χ2n) is 4.47. The van der Waals surface area contributed by atoms with Crippen LogP contribution in [0.3, 0.4) is 0 Å². The van der Waals surface area contributed by atoms with Crippen LogP contribution in [0.1, 0.15) is 23.4 Å². The van der Waals surface area contributed by atoms with Crippen molar-refractivity contribution in [1.29, 1.82) is 5.26 Å². The van der Waals surface area contributed by atoms with E-state index >= 15 is 0 Å². The van der Waals surface area contributed by atoms with Gasteiger partial charge in [-0.1, -0.05) is 0 Å². The fourth-order valence-corrected chi connectivity index (χ4v) is 1.94. The average molecular weight is 255 g/mol. The molecule has 5 nitrogen and oxygen atoms in total. The van der Waals surface area contributed by atoms with E-state index in [1.807, 2.05) is 11.6 Å². The van der Waals surface area contributed by atoms with Crippen LogP contribution in [0.4, 0.5) is 5.82 Å². The van der Waals surface area contributed by atoms with Crippen LogP contribution < -0.4 is 5.32 Å². The Kier molecular flexibility index (Phi) is 4.14. The molecule has 0 spiro atoms. The van der Waals surface area contributed by atoms with Crippen LogP contribution in [-0.2, 0) is 6.54 Å². The second-order valence-corrected chi connectivity index (χ2v) is 4.47. The Balaban J connectivity index is 1.81. The summed E-state index contributed by atoms with van der Waals surface area (Å²) in [6.45, 7) is 5.75. The summed E-state index contributed by atoms with van der Waals surface area (Å²) in [5.74, 6) is 0.743. The molecule has 0 aromatic carbocycles. The molecule has 2 rings (SSSR count). The third-order valence-electron chi connectivity index (χ3n) is 2.85. The van der Waals surface area contributed by atoms with Crippen LogP contribution in [0.15, 0.2) is 24.4 Å². The van der Waals surface area contributed by atoms with Crippen LogP contribution in [0, 0.1) is 25.2 Å². The number of aryl methyl sites for hydroxylation is 3. The minimum Gasteiger partial charge on any atom is -0.370 e. The Labute approximate surface area is 112 Å². The van der Waals surface area contributed by atoms with Gasteiger partial charge in [0.2, 0.25) is 0 Å². The maximum Gasteiger partial charge on any atom is 0.127 e. The molecule has 1 N–H and O–H groups in total. The first kappa shape index (κ1) is 13.1. The molecule has 0 radical (unpaired) electrons. The van der Waals surface area contributed by atoms with Gasteiger partial charge < -0.3 is 5.32 Å². The standard InChI is InChI=1S/C14H17N5/c1-11-8-12(2)19(18-11)7-3-5-16-14-9-13(10-15)4-6-17-14/h4,6,8-9H,3,5,7H2,1-2H3,(H,16,17). The van der Waals surface area contributed by atoms with Crippen molar-refractivity contribution in [3.05, 3.63) is 41.3 Å². The van der Waals surface area contributed by atoms with Gasteiger partial charge in [-0.3, -0.25) is 4.68 Å². The van der Waals surface area contributed by atoms with Crippen LogP contribution in [0.25, 0.3) is 0 Å². The van der Waals surface area contributed by atoms with Gasteiger partial charge in [0.15, 0.2) is 0 Å². The third kappa shape index (κ3) is 3.55. The van der Waals surface area contributed by atoms with E-state index in [4.69, 9.17) is 5.26 Å². The summed E-state index contributed by atoms with van der Waals surface area (Å²) < 4.78 is 2.01. The Morgan fingerprint density at radius 3 is 2.89 bits per heavy atom. The van der Waals surface area contributed by atoms with Crippen molar-refractivity contribution >= 4 is 5.82 Å². The number of anilines is 1. The molecule has 2 aromatic heterocycles. The van der Waals surface area contributed by atoms with Crippen molar-refractivity contribution in [2.45, 2.75) is 26.8 Å². The first-order chi connectivity index (χ1) is 9.19. The molecule has 0 bridgehead atoms.